The third-order valence-corrected chi connectivity index (χ3v) is 8.99. The third kappa shape index (κ3) is 3.59. The maximum absolute atomic E-state index is 9.47. The maximum atomic E-state index is 9.47. The van der Waals surface area contributed by atoms with Gasteiger partial charge in [-0.25, -0.2) is 0 Å². The van der Waals surface area contributed by atoms with Gasteiger partial charge in [-0.3, -0.25) is 0 Å². The summed E-state index contributed by atoms with van der Waals surface area (Å²) in [6.45, 7) is 0. The summed E-state index contributed by atoms with van der Waals surface area (Å²) < 4.78 is 79.8. The van der Waals surface area contributed by atoms with Crippen LogP contribution in [0.15, 0.2) is 164 Å². The van der Waals surface area contributed by atoms with E-state index < -0.39 is 0 Å². The van der Waals surface area contributed by atoms with Crippen LogP contribution in [0.25, 0.3) is 82.4 Å². The van der Waals surface area contributed by atoms with Crippen molar-refractivity contribution in [2.75, 3.05) is 0 Å². The van der Waals surface area contributed by atoms with Crippen LogP contribution in [0.5, 0.6) is 11.5 Å². The first-order chi connectivity index (χ1) is 26.2. The normalized spacial score (nSPS) is 14.5. The summed E-state index contributed by atoms with van der Waals surface area (Å²) in [5, 5.41) is 5.05. The van der Waals surface area contributed by atoms with E-state index in [1.807, 2.05) is 48.5 Å². The lowest BCUT2D eigenvalue weighted by Crippen LogP contribution is -1.97. The molecule has 2 nitrogen and oxygen atoms in total. The highest BCUT2D eigenvalue weighted by molar-refractivity contribution is 6.22. The summed E-state index contributed by atoms with van der Waals surface area (Å²) in [6, 6.07) is 34.9. The van der Waals surface area contributed by atoms with E-state index in [2.05, 4.69) is 41.0 Å². The summed E-state index contributed by atoms with van der Waals surface area (Å²) in [5.74, 6) is 0.418. The summed E-state index contributed by atoms with van der Waals surface area (Å²) in [7, 11) is 0. The van der Waals surface area contributed by atoms with E-state index in [-0.39, 0.29) is 70.8 Å². The van der Waals surface area contributed by atoms with Crippen LogP contribution in [0.4, 0.5) is 0 Å². The molecule has 1 aromatic heterocycles. The van der Waals surface area contributed by atoms with E-state index in [4.69, 9.17) is 10.2 Å². The smallest absolute Gasteiger partial charge is 0.135 e. The molecule has 0 radical (unpaired) electrons. The van der Waals surface area contributed by atoms with E-state index >= 15 is 0 Å². The number of hydrogen-bond donors (Lipinski definition) is 0. The zero-order valence-electron chi connectivity index (χ0n) is 32.3. The molecule has 0 spiro atoms. The SMILES string of the molecule is [2H]c1c([2H])c([2H])c2c(c1[2H])Oc1ccc(-c3c([2H])c([2H])c(-c4cccc5c4c4ccc6ccccc6c4n5-c4ccccc4)c([2H])c3[2H])c3cccc-2c13. The fraction of sp³-hybridized carbons (Fsp3) is 0. The van der Waals surface area contributed by atoms with Gasteiger partial charge in [-0.05, 0) is 68.9 Å². The van der Waals surface area contributed by atoms with E-state index in [1.54, 1.807) is 30.3 Å². The van der Waals surface area contributed by atoms with Gasteiger partial charge in [0.1, 0.15) is 11.5 Å². The first-order valence-corrected chi connectivity index (χ1v) is 15.1. The van der Waals surface area contributed by atoms with E-state index in [1.165, 1.54) is 0 Å². The second-order valence-corrected chi connectivity index (χ2v) is 11.4. The Bertz CT molecular complexity index is 3090. The fourth-order valence-electron chi connectivity index (χ4n) is 7.03. The summed E-state index contributed by atoms with van der Waals surface area (Å²) in [6.07, 6.45) is 0. The van der Waals surface area contributed by atoms with Crippen molar-refractivity contribution in [3.63, 3.8) is 0 Å². The van der Waals surface area contributed by atoms with Crippen molar-refractivity contribution in [3.8, 4) is 50.6 Å². The zero-order valence-corrected chi connectivity index (χ0v) is 24.3. The minimum atomic E-state index is -0.386. The minimum absolute atomic E-state index is 0.0400. The molecule has 0 fully saturated rings. The molecule has 46 heavy (non-hydrogen) atoms. The largest absolute Gasteiger partial charge is 0.456 e. The number of para-hydroxylation sites is 2. The van der Waals surface area contributed by atoms with Gasteiger partial charge in [-0.2, -0.15) is 0 Å². The third-order valence-electron chi connectivity index (χ3n) is 8.99. The first kappa shape index (κ1) is 18.6. The molecule has 1 aliphatic heterocycles. The number of hydrogen-bond acceptors (Lipinski definition) is 1. The Labute approximate surface area is 277 Å². The molecule has 2 heteroatoms. The molecule has 9 aromatic rings. The predicted octanol–water partition coefficient (Wildman–Crippen LogP) is 12.2. The monoisotopic (exact) mass is 593 g/mol. The zero-order chi connectivity index (χ0) is 37.2. The van der Waals surface area contributed by atoms with Crippen molar-refractivity contribution in [3.05, 3.63) is 164 Å². The van der Waals surface area contributed by atoms with Gasteiger partial charge in [0.15, 0.2) is 0 Å². The molecule has 1 aliphatic rings. The predicted molar refractivity (Wildman–Crippen MR) is 192 cm³/mol. The molecule has 0 unspecified atom stereocenters. The molecule has 0 N–H and O–H groups in total. The van der Waals surface area contributed by atoms with Crippen LogP contribution < -0.4 is 4.74 Å². The highest BCUT2D eigenvalue weighted by Gasteiger charge is 2.22. The topological polar surface area (TPSA) is 14.2 Å². The lowest BCUT2D eigenvalue weighted by molar-refractivity contribution is 0.487. The van der Waals surface area contributed by atoms with Crippen LogP contribution in [0.2, 0.25) is 0 Å². The number of aromatic nitrogens is 1. The van der Waals surface area contributed by atoms with Crippen LogP contribution in [-0.2, 0) is 0 Å². The van der Waals surface area contributed by atoms with Crippen molar-refractivity contribution in [1.82, 2.24) is 4.57 Å². The van der Waals surface area contributed by atoms with Crippen LogP contribution >= 0.6 is 0 Å². The molecule has 0 bridgehead atoms. The van der Waals surface area contributed by atoms with Crippen LogP contribution in [0.1, 0.15) is 11.0 Å². The van der Waals surface area contributed by atoms with Gasteiger partial charge < -0.3 is 9.30 Å². The lowest BCUT2D eigenvalue weighted by atomic mass is 9.90. The standard InChI is InChI=1S/C44H27NO/c1-2-11-31(12-3-1)45-39-18-9-15-33(42(39)38-25-24-28-10-4-5-13-34(28)44(38)45)30-22-20-29(21-23-30)32-26-27-41-43-36(32)16-8-17-37(43)35-14-6-7-19-40(35)46-41/h1-27H/i6D,7D,14D,19D,20D,21D,22D,23D. The van der Waals surface area contributed by atoms with E-state index in [9.17, 15) is 5.48 Å². The molecular formula is C44H27NO. The van der Waals surface area contributed by atoms with Gasteiger partial charge in [0.05, 0.1) is 22.0 Å². The van der Waals surface area contributed by atoms with Gasteiger partial charge in [-0.15, -0.1) is 0 Å². The molecule has 0 atom stereocenters. The Morgan fingerprint density at radius 2 is 1.20 bits per heavy atom. The highest BCUT2D eigenvalue weighted by atomic mass is 16.5. The average molecular weight is 594 g/mol. The van der Waals surface area contributed by atoms with Crippen LogP contribution in [0.3, 0.4) is 0 Å². The van der Waals surface area contributed by atoms with Crippen molar-refractivity contribution >= 4 is 43.4 Å². The number of benzene rings is 8. The molecular weight excluding hydrogens is 558 g/mol. The molecule has 0 saturated carbocycles. The van der Waals surface area contributed by atoms with Crippen molar-refractivity contribution < 1.29 is 15.7 Å². The van der Waals surface area contributed by atoms with Gasteiger partial charge in [0, 0.05) is 32.8 Å². The summed E-state index contributed by atoms with van der Waals surface area (Å²) >= 11 is 0. The summed E-state index contributed by atoms with van der Waals surface area (Å²) in [4.78, 5) is 0. The number of rotatable bonds is 3. The van der Waals surface area contributed by atoms with Gasteiger partial charge in [-0.1, -0.05) is 133 Å². The molecule has 214 valence electrons. The molecule has 2 heterocycles. The fourth-order valence-corrected chi connectivity index (χ4v) is 7.03. The van der Waals surface area contributed by atoms with Gasteiger partial charge in [0.2, 0.25) is 0 Å². The molecule has 0 aliphatic carbocycles. The van der Waals surface area contributed by atoms with Crippen molar-refractivity contribution in [2.45, 2.75) is 0 Å². The minimum Gasteiger partial charge on any atom is -0.456 e. The summed E-state index contributed by atoms with van der Waals surface area (Å²) in [5.41, 5.74) is 5.00. The van der Waals surface area contributed by atoms with Crippen molar-refractivity contribution in [2.24, 2.45) is 0 Å². The van der Waals surface area contributed by atoms with E-state index in [0.717, 1.165) is 38.3 Å². The van der Waals surface area contributed by atoms with Crippen molar-refractivity contribution in [1.29, 1.82) is 0 Å². The quantitative estimate of drug-likeness (QED) is 0.199. The Balaban J connectivity index is 1.24. The van der Waals surface area contributed by atoms with Crippen LogP contribution in [-0.4, -0.2) is 4.57 Å². The Hall–Kier alpha value is -6.12. The van der Waals surface area contributed by atoms with E-state index in [0.29, 0.717) is 33.2 Å². The lowest BCUT2D eigenvalue weighted by Gasteiger charge is -2.22. The Morgan fingerprint density at radius 1 is 0.457 bits per heavy atom. The first-order valence-electron chi connectivity index (χ1n) is 19.1. The second-order valence-electron chi connectivity index (χ2n) is 11.4. The molecule has 8 aromatic carbocycles. The number of fused-ring (bicyclic) bond motifs is 7. The van der Waals surface area contributed by atoms with Gasteiger partial charge in [0.25, 0.3) is 0 Å². The Morgan fingerprint density at radius 3 is 2.09 bits per heavy atom. The van der Waals surface area contributed by atoms with Crippen LogP contribution in [0, 0.1) is 0 Å². The molecule has 10 rings (SSSR count). The number of ether oxygens (including phenoxy) is 1. The Kier molecular flexibility index (Phi) is 3.92. The average Bonchev–Trinajstić information content (AvgIpc) is 3.55. The number of nitrogens with zero attached hydrogens (tertiary/aromatic N) is 1. The molecule has 0 amide bonds. The second kappa shape index (κ2) is 9.69. The van der Waals surface area contributed by atoms with Gasteiger partial charge >= 0.3 is 0 Å². The highest BCUT2D eigenvalue weighted by Crippen LogP contribution is 2.48. The maximum Gasteiger partial charge on any atom is 0.135 e. The molecule has 0 saturated heterocycles.